The molecule has 1 aromatic rings. The number of nitrogens with one attached hydrogen (secondary N) is 1. The summed E-state index contributed by atoms with van der Waals surface area (Å²) in [5.74, 6) is 0.213. The predicted octanol–water partition coefficient (Wildman–Crippen LogP) is 1.72. The van der Waals surface area contributed by atoms with Crippen LogP contribution in [0.1, 0.15) is 44.1 Å². The van der Waals surface area contributed by atoms with Crippen LogP contribution in [-0.2, 0) is 19.6 Å². The summed E-state index contributed by atoms with van der Waals surface area (Å²) in [6.07, 6.45) is 4.90. The molecule has 0 spiro atoms. The number of carbonyl (C=O) groups is 1. The van der Waals surface area contributed by atoms with Crippen molar-refractivity contribution >= 4 is 15.9 Å². The fraction of sp³-hybridized carbons (Fsp3) is 0.652. The van der Waals surface area contributed by atoms with Crippen LogP contribution in [0.25, 0.3) is 0 Å². The number of benzene rings is 1. The summed E-state index contributed by atoms with van der Waals surface area (Å²) in [5, 5.41) is 8.88. The van der Waals surface area contributed by atoms with E-state index < -0.39 is 10.0 Å². The normalized spacial score (nSPS) is 25.9. The van der Waals surface area contributed by atoms with E-state index in [1.807, 2.05) is 11.0 Å². The Morgan fingerprint density at radius 2 is 1.59 bits per heavy atom. The van der Waals surface area contributed by atoms with E-state index in [1.165, 1.54) is 24.3 Å². The van der Waals surface area contributed by atoms with Crippen LogP contribution in [0.2, 0.25) is 0 Å². The van der Waals surface area contributed by atoms with Crippen molar-refractivity contribution < 1.29 is 17.9 Å². The largest absolute Gasteiger partial charge is 0.381 e. The number of carbonyl (C=O) groups excluding carboxylic acids is 1. The molecule has 2 saturated heterocycles. The van der Waals surface area contributed by atoms with Crippen LogP contribution in [0.5, 0.6) is 0 Å². The van der Waals surface area contributed by atoms with Crippen LogP contribution >= 0.6 is 0 Å². The zero-order chi connectivity index (χ0) is 22.6. The third kappa shape index (κ3) is 5.49. The van der Waals surface area contributed by atoms with Crippen molar-refractivity contribution in [2.75, 3.05) is 39.4 Å². The highest BCUT2D eigenvalue weighted by atomic mass is 32.2. The van der Waals surface area contributed by atoms with Crippen LogP contribution in [0.4, 0.5) is 0 Å². The van der Waals surface area contributed by atoms with Gasteiger partial charge in [0, 0.05) is 57.4 Å². The Kier molecular flexibility index (Phi) is 7.46. The fourth-order valence-electron chi connectivity index (χ4n) is 5.07. The summed E-state index contributed by atoms with van der Waals surface area (Å²) >= 11 is 0. The zero-order valence-electron chi connectivity index (χ0n) is 18.4. The Hall–Kier alpha value is -1.99. The molecule has 8 nitrogen and oxygen atoms in total. The maximum absolute atomic E-state index is 13.0. The minimum atomic E-state index is -3.63. The van der Waals surface area contributed by atoms with Gasteiger partial charge in [0.2, 0.25) is 15.9 Å². The molecular weight excluding hydrogens is 428 g/mol. The van der Waals surface area contributed by atoms with Crippen LogP contribution in [-0.4, -0.2) is 75.6 Å². The van der Waals surface area contributed by atoms with Crippen LogP contribution < -0.4 is 4.72 Å². The minimum absolute atomic E-state index is 0.0136. The first kappa shape index (κ1) is 23.2. The standard InChI is InChI=1S/C23H32N4O4S/c24-17-18-1-7-22(8-2-18)32(29,30)25-20-5-3-19(4-6-20)23(28)27-13-11-26(12-14-27)21-9-15-31-16-10-21/h1-2,7-8,19-21,25H,3-6,9-16H2/t19-,20-. The van der Waals surface area contributed by atoms with Gasteiger partial charge in [0.25, 0.3) is 0 Å². The van der Waals surface area contributed by atoms with Crippen LogP contribution in [0.3, 0.4) is 0 Å². The highest BCUT2D eigenvalue weighted by Crippen LogP contribution is 2.28. The van der Waals surface area contributed by atoms with E-state index in [0.29, 0.717) is 37.3 Å². The smallest absolute Gasteiger partial charge is 0.240 e. The average molecular weight is 461 g/mol. The lowest BCUT2D eigenvalue weighted by Crippen LogP contribution is -2.54. The Labute approximate surface area is 190 Å². The van der Waals surface area contributed by atoms with Gasteiger partial charge in [-0.2, -0.15) is 5.26 Å². The lowest BCUT2D eigenvalue weighted by atomic mass is 9.85. The Morgan fingerprint density at radius 3 is 2.19 bits per heavy atom. The molecule has 0 radical (unpaired) electrons. The average Bonchev–Trinajstić information content (AvgIpc) is 2.84. The minimum Gasteiger partial charge on any atom is -0.381 e. The molecule has 4 rings (SSSR count). The molecule has 0 atom stereocenters. The molecule has 1 saturated carbocycles. The van der Waals surface area contributed by atoms with E-state index in [4.69, 9.17) is 10.00 Å². The first-order valence-corrected chi connectivity index (χ1v) is 13.1. The van der Waals surface area contributed by atoms with Gasteiger partial charge in [-0.1, -0.05) is 0 Å². The number of hydrogen-bond acceptors (Lipinski definition) is 6. The number of nitriles is 1. The van der Waals surface area contributed by atoms with Gasteiger partial charge in [-0.05, 0) is 62.8 Å². The van der Waals surface area contributed by atoms with E-state index in [-0.39, 0.29) is 22.8 Å². The molecule has 2 heterocycles. The van der Waals surface area contributed by atoms with Gasteiger partial charge in [-0.15, -0.1) is 0 Å². The van der Waals surface area contributed by atoms with Gasteiger partial charge in [0.15, 0.2) is 0 Å². The molecule has 3 fully saturated rings. The molecule has 0 aromatic heterocycles. The first-order valence-electron chi connectivity index (χ1n) is 11.6. The van der Waals surface area contributed by atoms with Crippen molar-refractivity contribution in [3.63, 3.8) is 0 Å². The van der Waals surface area contributed by atoms with Crippen LogP contribution in [0, 0.1) is 17.2 Å². The van der Waals surface area contributed by atoms with E-state index in [1.54, 1.807) is 0 Å². The number of nitrogens with zero attached hydrogens (tertiary/aromatic N) is 3. The summed E-state index contributed by atoms with van der Waals surface area (Å²) in [6, 6.07) is 8.33. The molecule has 2 aliphatic heterocycles. The molecule has 1 aliphatic carbocycles. The van der Waals surface area contributed by atoms with Gasteiger partial charge >= 0.3 is 0 Å². The van der Waals surface area contributed by atoms with Gasteiger partial charge in [0.1, 0.15) is 0 Å². The Bertz CT molecular complexity index is 922. The predicted molar refractivity (Wildman–Crippen MR) is 119 cm³/mol. The van der Waals surface area contributed by atoms with Crippen molar-refractivity contribution in [3.05, 3.63) is 29.8 Å². The van der Waals surface area contributed by atoms with E-state index in [2.05, 4.69) is 9.62 Å². The Balaban J connectivity index is 1.23. The van der Waals surface area contributed by atoms with E-state index in [0.717, 1.165) is 52.2 Å². The van der Waals surface area contributed by atoms with E-state index >= 15 is 0 Å². The maximum Gasteiger partial charge on any atom is 0.240 e. The third-order valence-electron chi connectivity index (χ3n) is 7.03. The summed E-state index contributed by atoms with van der Waals surface area (Å²) in [4.78, 5) is 17.7. The van der Waals surface area contributed by atoms with Crippen molar-refractivity contribution in [2.45, 2.75) is 55.5 Å². The molecule has 0 bridgehead atoms. The Morgan fingerprint density at radius 1 is 0.969 bits per heavy atom. The second-order valence-corrected chi connectivity index (χ2v) is 10.7. The highest BCUT2D eigenvalue weighted by molar-refractivity contribution is 7.89. The molecule has 1 amide bonds. The van der Waals surface area contributed by atoms with Crippen molar-refractivity contribution in [1.29, 1.82) is 5.26 Å². The second-order valence-electron chi connectivity index (χ2n) is 9.01. The number of piperazine rings is 1. The first-order chi connectivity index (χ1) is 15.5. The molecule has 174 valence electrons. The molecule has 0 unspecified atom stereocenters. The summed E-state index contributed by atoms with van der Waals surface area (Å²) in [7, 11) is -3.63. The topological polar surface area (TPSA) is 103 Å². The van der Waals surface area contributed by atoms with Crippen LogP contribution in [0.15, 0.2) is 29.2 Å². The number of rotatable bonds is 5. The molecule has 32 heavy (non-hydrogen) atoms. The number of amides is 1. The SMILES string of the molecule is N#Cc1ccc(S(=O)(=O)N[C@H]2CC[C@H](C(=O)N3CCN(C4CCOCC4)CC3)CC2)cc1. The van der Waals surface area contributed by atoms with Crippen molar-refractivity contribution in [2.24, 2.45) is 5.92 Å². The fourth-order valence-corrected chi connectivity index (χ4v) is 6.38. The third-order valence-corrected chi connectivity index (χ3v) is 8.56. The molecule has 1 N–H and O–H groups in total. The number of sulfonamides is 1. The van der Waals surface area contributed by atoms with Gasteiger partial charge in [-0.3, -0.25) is 9.69 Å². The van der Waals surface area contributed by atoms with Gasteiger partial charge in [-0.25, -0.2) is 13.1 Å². The highest BCUT2D eigenvalue weighted by Gasteiger charge is 2.33. The summed E-state index contributed by atoms with van der Waals surface area (Å²) in [5.41, 5.74) is 0.427. The molecule has 3 aliphatic rings. The van der Waals surface area contributed by atoms with Gasteiger partial charge in [0.05, 0.1) is 16.5 Å². The monoisotopic (exact) mass is 460 g/mol. The van der Waals surface area contributed by atoms with Crippen molar-refractivity contribution in [3.8, 4) is 6.07 Å². The van der Waals surface area contributed by atoms with Gasteiger partial charge < -0.3 is 9.64 Å². The molecular formula is C23H32N4O4S. The lowest BCUT2D eigenvalue weighted by Gasteiger charge is -2.42. The summed E-state index contributed by atoms with van der Waals surface area (Å²) in [6.45, 7) is 5.08. The second kappa shape index (κ2) is 10.3. The number of ether oxygens (including phenoxy) is 1. The van der Waals surface area contributed by atoms with Crippen molar-refractivity contribution in [1.82, 2.24) is 14.5 Å². The van der Waals surface area contributed by atoms with E-state index in [9.17, 15) is 13.2 Å². The lowest BCUT2D eigenvalue weighted by molar-refractivity contribution is -0.139. The summed E-state index contributed by atoms with van der Waals surface area (Å²) < 4.78 is 33.5. The number of hydrogen-bond donors (Lipinski definition) is 1. The zero-order valence-corrected chi connectivity index (χ0v) is 19.2. The maximum atomic E-state index is 13.0. The quantitative estimate of drug-likeness (QED) is 0.718. The molecule has 1 aromatic carbocycles. The molecule has 9 heteroatoms.